The van der Waals surface area contributed by atoms with Crippen LogP contribution in [0.4, 0.5) is 0 Å². The Morgan fingerprint density at radius 2 is 1.69 bits per heavy atom. The van der Waals surface area contributed by atoms with Crippen LogP contribution in [0.1, 0.15) is 54.4 Å². The van der Waals surface area contributed by atoms with E-state index in [9.17, 15) is 0 Å². The van der Waals surface area contributed by atoms with E-state index in [1.165, 1.54) is 0 Å². The maximum Gasteiger partial charge on any atom is 0.0781 e. The molecule has 0 aliphatic carbocycles. The standard InChI is InChI=1S/C11H23BO/c1-7-9(3)13-10(4,5)11(6,12)8-2/h9H,7-8H2,1-6H3. The second-order valence-corrected chi connectivity index (χ2v) is 4.62. The van der Waals surface area contributed by atoms with Crippen molar-refractivity contribution in [2.24, 2.45) is 0 Å². The molecule has 0 amide bonds. The Bertz CT molecular complexity index is 152. The monoisotopic (exact) mass is 182 g/mol. The smallest absolute Gasteiger partial charge is 0.0781 e. The lowest BCUT2D eigenvalue weighted by molar-refractivity contribution is -0.0899. The highest BCUT2D eigenvalue weighted by molar-refractivity contribution is 6.15. The number of rotatable bonds is 5. The van der Waals surface area contributed by atoms with Crippen molar-refractivity contribution < 1.29 is 4.74 Å². The van der Waals surface area contributed by atoms with Gasteiger partial charge in [-0.25, -0.2) is 0 Å². The van der Waals surface area contributed by atoms with Gasteiger partial charge in [0.25, 0.3) is 0 Å². The first-order chi connectivity index (χ1) is 5.77. The van der Waals surface area contributed by atoms with Crippen LogP contribution in [-0.4, -0.2) is 19.6 Å². The highest BCUT2D eigenvalue weighted by atomic mass is 16.5. The highest BCUT2D eigenvalue weighted by Crippen LogP contribution is 2.41. The second-order valence-electron chi connectivity index (χ2n) is 4.62. The average molecular weight is 182 g/mol. The molecule has 0 aliphatic rings. The van der Waals surface area contributed by atoms with Crippen LogP contribution in [0, 0.1) is 0 Å². The molecule has 0 aromatic carbocycles. The lowest BCUT2D eigenvalue weighted by atomic mass is 9.59. The third-order valence-electron chi connectivity index (χ3n) is 3.18. The summed E-state index contributed by atoms with van der Waals surface area (Å²) in [5, 5.41) is -0.254. The molecule has 0 spiro atoms. The molecule has 2 heteroatoms. The summed E-state index contributed by atoms with van der Waals surface area (Å²) in [7, 11) is 6.17. The van der Waals surface area contributed by atoms with Crippen LogP contribution in [0.3, 0.4) is 0 Å². The molecule has 13 heavy (non-hydrogen) atoms. The Balaban J connectivity index is 4.38. The van der Waals surface area contributed by atoms with Gasteiger partial charge >= 0.3 is 0 Å². The number of hydrogen-bond donors (Lipinski definition) is 0. The normalized spacial score (nSPS) is 19.5. The molecule has 0 fully saturated rings. The zero-order valence-corrected chi connectivity index (χ0v) is 9.98. The first-order valence-electron chi connectivity index (χ1n) is 5.23. The van der Waals surface area contributed by atoms with Crippen molar-refractivity contribution in [3.63, 3.8) is 0 Å². The molecule has 0 saturated carbocycles. The van der Waals surface area contributed by atoms with Gasteiger partial charge in [-0.05, 0) is 32.5 Å². The van der Waals surface area contributed by atoms with Gasteiger partial charge in [0.15, 0.2) is 0 Å². The molecule has 0 saturated heterocycles. The third-order valence-corrected chi connectivity index (χ3v) is 3.18. The fourth-order valence-electron chi connectivity index (χ4n) is 1.15. The van der Waals surface area contributed by atoms with Gasteiger partial charge in [-0.2, -0.15) is 0 Å². The quantitative estimate of drug-likeness (QED) is 0.592. The summed E-state index contributed by atoms with van der Waals surface area (Å²) >= 11 is 0. The molecular formula is C11H23BO. The van der Waals surface area contributed by atoms with Crippen LogP contribution in [0.5, 0.6) is 0 Å². The van der Waals surface area contributed by atoms with Crippen LogP contribution < -0.4 is 0 Å². The summed E-state index contributed by atoms with van der Waals surface area (Å²) in [5.74, 6) is 0. The maximum atomic E-state index is 6.17. The molecule has 0 N–H and O–H groups in total. The Morgan fingerprint density at radius 3 is 2.00 bits per heavy atom. The van der Waals surface area contributed by atoms with Crippen molar-refractivity contribution in [2.75, 3.05) is 0 Å². The SMILES string of the molecule is [B]C(C)(CC)C(C)(C)OC(C)CC. The van der Waals surface area contributed by atoms with Gasteiger partial charge in [-0.1, -0.05) is 27.2 Å². The summed E-state index contributed by atoms with van der Waals surface area (Å²) in [5.41, 5.74) is -0.253. The lowest BCUT2D eigenvalue weighted by Gasteiger charge is -2.43. The molecule has 0 rings (SSSR count). The van der Waals surface area contributed by atoms with Crippen molar-refractivity contribution in [2.45, 2.75) is 71.4 Å². The van der Waals surface area contributed by atoms with E-state index in [0.29, 0.717) is 0 Å². The maximum absolute atomic E-state index is 6.17. The van der Waals surface area contributed by atoms with Crippen molar-refractivity contribution in [3.05, 3.63) is 0 Å². The molecule has 2 unspecified atom stereocenters. The minimum absolute atomic E-state index is 0.253. The Labute approximate surface area is 84.7 Å². The molecule has 2 radical (unpaired) electrons. The van der Waals surface area contributed by atoms with E-state index in [1.807, 2.05) is 0 Å². The van der Waals surface area contributed by atoms with E-state index in [0.717, 1.165) is 12.8 Å². The minimum Gasteiger partial charge on any atom is -0.373 e. The molecule has 0 bridgehead atoms. The predicted octanol–water partition coefficient (Wildman–Crippen LogP) is 3.34. The van der Waals surface area contributed by atoms with Gasteiger partial charge < -0.3 is 4.74 Å². The van der Waals surface area contributed by atoms with Gasteiger partial charge in [0.05, 0.1) is 19.6 Å². The molecule has 2 atom stereocenters. The van der Waals surface area contributed by atoms with E-state index < -0.39 is 0 Å². The largest absolute Gasteiger partial charge is 0.373 e. The summed E-state index contributed by atoms with van der Waals surface area (Å²) in [6.45, 7) is 12.5. The van der Waals surface area contributed by atoms with E-state index in [4.69, 9.17) is 12.6 Å². The number of ether oxygens (including phenoxy) is 1. The Hall–Kier alpha value is 0.0249. The van der Waals surface area contributed by atoms with Crippen molar-refractivity contribution in [1.29, 1.82) is 0 Å². The van der Waals surface area contributed by atoms with E-state index in [2.05, 4.69) is 41.5 Å². The molecule has 0 heterocycles. The van der Waals surface area contributed by atoms with Gasteiger partial charge in [0.1, 0.15) is 0 Å². The zero-order chi connectivity index (χ0) is 10.7. The van der Waals surface area contributed by atoms with E-state index >= 15 is 0 Å². The zero-order valence-electron chi connectivity index (χ0n) is 9.98. The van der Waals surface area contributed by atoms with Crippen molar-refractivity contribution in [3.8, 4) is 0 Å². The molecule has 0 aromatic heterocycles. The van der Waals surface area contributed by atoms with Crippen LogP contribution >= 0.6 is 0 Å². The Morgan fingerprint density at radius 1 is 1.23 bits per heavy atom. The van der Waals surface area contributed by atoms with E-state index in [1.54, 1.807) is 0 Å². The molecule has 0 aliphatic heterocycles. The summed E-state index contributed by atoms with van der Waals surface area (Å²) < 4.78 is 5.92. The summed E-state index contributed by atoms with van der Waals surface area (Å²) in [4.78, 5) is 0. The van der Waals surface area contributed by atoms with Gasteiger partial charge in [-0.15, -0.1) is 0 Å². The third kappa shape index (κ3) is 3.34. The number of hydrogen-bond acceptors (Lipinski definition) is 1. The minimum atomic E-state index is -0.254. The van der Waals surface area contributed by atoms with Crippen LogP contribution in [0.15, 0.2) is 0 Å². The van der Waals surface area contributed by atoms with Gasteiger partial charge in [0.2, 0.25) is 0 Å². The molecular weight excluding hydrogens is 159 g/mol. The first-order valence-corrected chi connectivity index (χ1v) is 5.23. The first kappa shape index (κ1) is 13.0. The van der Waals surface area contributed by atoms with Gasteiger partial charge in [-0.3, -0.25) is 0 Å². The van der Waals surface area contributed by atoms with Crippen LogP contribution in [0.2, 0.25) is 5.31 Å². The van der Waals surface area contributed by atoms with Crippen LogP contribution in [0.25, 0.3) is 0 Å². The fraction of sp³-hybridized carbons (Fsp3) is 1.00. The van der Waals surface area contributed by atoms with E-state index in [-0.39, 0.29) is 17.0 Å². The summed E-state index contributed by atoms with van der Waals surface area (Å²) in [6, 6.07) is 0. The molecule has 0 aromatic rings. The van der Waals surface area contributed by atoms with Gasteiger partial charge in [0, 0.05) is 0 Å². The molecule has 76 valence electrons. The topological polar surface area (TPSA) is 9.23 Å². The average Bonchev–Trinajstić information content (AvgIpc) is 2.03. The Kier molecular flexibility index (Phi) is 4.51. The van der Waals surface area contributed by atoms with Crippen molar-refractivity contribution >= 4 is 7.85 Å². The van der Waals surface area contributed by atoms with Crippen LogP contribution in [-0.2, 0) is 4.74 Å². The fourth-order valence-corrected chi connectivity index (χ4v) is 1.15. The highest BCUT2D eigenvalue weighted by Gasteiger charge is 2.36. The molecule has 1 nitrogen and oxygen atoms in total. The second kappa shape index (κ2) is 4.50. The predicted molar refractivity (Wildman–Crippen MR) is 59.3 cm³/mol. The summed E-state index contributed by atoms with van der Waals surface area (Å²) in [6.07, 6.45) is 2.24. The lowest BCUT2D eigenvalue weighted by Crippen LogP contribution is -2.40. The van der Waals surface area contributed by atoms with Crippen molar-refractivity contribution in [1.82, 2.24) is 0 Å².